The molecular weight excluding hydrogens is 276 g/mol. The van der Waals surface area contributed by atoms with Crippen LogP contribution in [0.3, 0.4) is 0 Å². The molecule has 2 atom stereocenters. The van der Waals surface area contributed by atoms with Crippen LogP contribution in [-0.4, -0.2) is 44.0 Å². The molecule has 0 radical (unpaired) electrons. The lowest BCUT2D eigenvalue weighted by Crippen LogP contribution is -2.48. The lowest BCUT2D eigenvalue weighted by Gasteiger charge is -2.35. The highest BCUT2D eigenvalue weighted by Gasteiger charge is 2.26. The number of benzene rings is 1. The Balaban J connectivity index is 2.10. The zero-order valence-corrected chi connectivity index (χ0v) is 12.5. The van der Waals surface area contributed by atoms with Gasteiger partial charge >= 0.3 is 0 Å². The molecule has 4 nitrogen and oxygen atoms in total. The molecule has 1 aliphatic heterocycles. The molecule has 1 heterocycles. The van der Waals surface area contributed by atoms with Crippen molar-refractivity contribution in [3.63, 3.8) is 0 Å². The van der Waals surface area contributed by atoms with Gasteiger partial charge in [0, 0.05) is 25.2 Å². The van der Waals surface area contributed by atoms with E-state index in [1.807, 2.05) is 7.05 Å². The molecule has 0 spiro atoms. The number of amides is 1. The molecule has 0 bridgehead atoms. The van der Waals surface area contributed by atoms with Crippen LogP contribution in [0, 0.1) is 17.6 Å². The molecule has 1 aromatic rings. The van der Waals surface area contributed by atoms with Crippen LogP contribution < -0.4 is 10.6 Å². The summed E-state index contributed by atoms with van der Waals surface area (Å²) in [5.41, 5.74) is -0.214. The summed E-state index contributed by atoms with van der Waals surface area (Å²) in [6.45, 7) is 3.86. The van der Waals surface area contributed by atoms with Crippen LogP contribution in [0.5, 0.6) is 0 Å². The highest BCUT2D eigenvalue weighted by molar-refractivity contribution is 5.94. The highest BCUT2D eigenvalue weighted by atomic mass is 19.1. The van der Waals surface area contributed by atoms with E-state index >= 15 is 0 Å². The molecule has 1 amide bonds. The summed E-state index contributed by atoms with van der Waals surface area (Å²) in [5.74, 6) is -1.66. The van der Waals surface area contributed by atoms with Gasteiger partial charge in [-0.05, 0) is 38.1 Å². The van der Waals surface area contributed by atoms with Gasteiger partial charge in [0.05, 0.1) is 0 Å². The second-order valence-corrected chi connectivity index (χ2v) is 5.67. The molecule has 21 heavy (non-hydrogen) atoms. The number of halogens is 2. The van der Waals surface area contributed by atoms with Crippen molar-refractivity contribution >= 4 is 11.6 Å². The number of nitrogens with zero attached hydrogens (tertiary/aromatic N) is 1. The zero-order chi connectivity index (χ0) is 15.6. The van der Waals surface area contributed by atoms with Crippen molar-refractivity contribution in [1.29, 1.82) is 0 Å². The van der Waals surface area contributed by atoms with Gasteiger partial charge in [0.1, 0.15) is 17.3 Å². The third kappa shape index (κ3) is 3.50. The van der Waals surface area contributed by atoms with Gasteiger partial charge in [-0.2, -0.15) is 0 Å². The lowest BCUT2D eigenvalue weighted by atomic mass is 9.94. The molecule has 0 aromatic heterocycles. The summed E-state index contributed by atoms with van der Waals surface area (Å²) in [7, 11) is 3.47. The smallest absolute Gasteiger partial charge is 0.251 e. The van der Waals surface area contributed by atoms with E-state index < -0.39 is 17.5 Å². The molecule has 6 heteroatoms. The number of carbonyl (C=O) groups is 1. The molecule has 1 aliphatic rings. The quantitative estimate of drug-likeness (QED) is 0.898. The van der Waals surface area contributed by atoms with Crippen LogP contribution in [0.4, 0.5) is 14.5 Å². The number of anilines is 1. The molecule has 0 saturated carbocycles. The maximum absolute atomic E-state index is 13.7. The molecule has 1 fully saturated rings. The van der Waals surface area contributed by atoms with E-state index in [2.05, 4.69) is 22.5 Å². The average molecular weight is 297 g/mol. The normalized spacial score (nSPS) is 22.9. The Morgan fingerprint density at radius 3 is 2.48 bits per heavy atom. The summed E-state index contributed by atoms with van der Waals surface area (Å²) in [6.07, 6.45) is 0.836. The minimum absolute atomic E-state index is 0.00938. The van der Waals surface area contributed by atoms with Gasteiger partial charge < -0.3 is 15.5 Å². The van der Waals surface area contributed by atoms with Crippen LogP contribution >= 0.6 is 0 Å². The minimum atomic E-state index is -0.765. The van der Waals surface area contributed by atoms with Crippen molar-refractivity contribution in [2.24, 2.45) is 5.92 Å². The predicted molar refractivity (Wildman–Crippen MR) is 78.4 cm³/mol. The number of hydrogen-bond donors (Lipinski definition) is 2. The fourth-order valence-electron chi connectivity index (χ4n) is 2.76. The van der Waals surface area contributed by atoms with Crippen LogP contribution in [0.15, 0.2) is 12.1 Å². The molecule has 1 saturated heterocycles. The van der Waals surface area contributed by atoms with E-state index in [4.69, 9.17) is 0 Å². The van der Waals surface area contributed by atoms with E-state index in [1.165, 1.54) is 7.05 Å². The first kappa shape index (κ1) is 15.7. The Kier molecular flexibility index (Phi) is 4.77. The molecule has 2 unspecified atom stereocenters. The van der Waals surface area contributed by atoms with Crippen molar-refractivity contribution in [3.8, 4) is 0 Å². The summed E-state index contributed by atoms with van der Waals surface area (Å²) < 4.78 is 27.4. The Morgan fingerprint density at radius 1 is 1.33 bits per heavy atom. The Bertz CT molecular complexity index is 513. The molecule has 1 aromatic carbocycles. The molecular formula is C15H21F2N3O. The van der Waals surface area contributed by atoms with Gasteiger partial charge in [-0.3, -0.25) is 4.79 Å². The van der Waals surface area contributed by atoms with E-state index in [0.29, 0.717) is 5.92 Å². The molecule has 0 aliphatic carbocycles. The number of piperidine rings is 1. The molecule has 116 valence electrons. The van der Waals surface area contributed by atoms with Gasteiger partial charge in [0.2, 0.25) is 0 Å². The van der Waals surface area contributed by atoms with E-state index in [0.717, 1.165) is 31.6 Å². The number of likely N-dealkylation sites (tertiary alicyclic amines) is 1. The van der Waals surface area contributed by atoms with Crippen LogP contribution in [0.25, 0.3) is 0 Å². The maximum atomic E-state index is 13.7. The second kappa shape index (κ2) is 6.39. The van der Waals surface area contributed by atoms with Gasteiger partial charge in [-0.15, -0.1) is 0 Å². The second-order valence-electron chi connectivity index (χ2n) is 5.67. The summed E-state index contributed by atoms with van der Waals surface area (Å²) in [4.78, 5) is 14.4. The first-order valence-corrected chi connectivity index (χ1v) is 7.08. The van der Waals surface area contributed by atoms with Crippen LogP contribution in [0.2, 0.25) is 0 Å². The standard InChI is InChI=1S/C15H21F2N3O/c1-9-8-20(3)5-4-13(9)19-15(21)10-6-11(16)14(18-2)12(17)7-10/h6-7,9,13,18H,4-5,8H2,1-3H3,(H,19,21). The third-order valence-electron chi connectivity index (χ3n) is 3.98. The van der Waals surface area contributed by atoms with Crippen molar-refractivity contribution in [1.82, 2.24) is 10.2 Å². The lowest BCUT2D eigenvalue weighted by molar-refractivity contribution is 0.0883. The van der Waals surface area contributed by atoms with Gasteiger partial charge in [-0.25, -0.2) is 8.78 Å². The van der Waals surface area contributed by atoms with Gasteiger partial charge in [0.15, 0.2) is 0 Å². The van der Waals surface area contributed by atoms with Gasteiger partial charge in [0.25, 0.3) is 5.91 Å². The number of nitrogens with one attached hydrogen (secondary N) is 2. The maximum Gasteiger partial charge on any atom is 0.251 e. The first-order chi connectivity index (χ1) is 9.92. The third-order valence-corrected chi connectivity index (χ3v) is 3.98. The Labute approximate surface area is 123 Å². The number of carbonyl (C=O) groups excluding carboxylic acids is 1. The Hall–Kier alpha value is -1.69. The van der Waals surface area contributed by atoms with Crippen molar-refractivity contribution < 1.29 is 13.6 Å². The minimum Gasteiger partial charge on any atom is -0.383 e. The topological polar surface area (TPSA) is 44.4 Å². The van der Waals surface area contributed by atoms with Crippen molar-refractivity contribution in [2.75, 3.05) is 32.5 Å². The predicted octanol–water partition coefficient (Wildman–Crippen LogP) is 2.08. The summed E-state index contributed by atoms with van der Waals surface area (Å²) in [5, 5.41) is 5.31. The first-order valence-electron chi connectivity index (χ1n) is 7.08. The van der Waals surface area contributed by atoms with Gasteiger partial charge in [-0.1, -0.05) is 6.92 Å². The largest absolute Gasteiger partial charge is 0.383 e. The molecule has 2 rings (SSSR count). The van der Waals surface area contributed by atoms with E-state index in [-0.39, 0.29) is 17.3 Å². The van der Waals surface area contributed by atoms with E-state index in [9.17, 15) is 13.6 Å². The van der Waals surface area contributed by atoms with Crippen LogP contribution in [0.1, 0.15) is 23.7 Å². The molecule has 2 N–H and O–H groups in total. The number of hydrogen-bond acceptors (Lipinski definition) is 3. The van der Waals surface area contributed by atoms with Crippen molar-refractivity contribution in [3.05, 3.63) is 29.3 Å². The van der Waals surface area contributed by atoms with Crippen LogP contribution in [-0.2, 0) is 0 Å². The average Bonchev–Trinajstić information content (AvgIpc) is 2.41. The SMILES string of the molecule is CNc1c(F)cc(C(=O)NC2CCN(C)CC2C)cc1F. The monoisotopic (exact) mass is 297 g/mol. The fourth-order valence-corrected chi connectivity index (χ4v) is 2.76. The number of rotatable bonds is 3. The van der Waals surface area contributed by atoms with E-state index in [1.54, 1.807) is 0 Å². The summed E-state index contributed by atoms with van der Waals surface area (Å²) >= 11 is 0. The highest BCUT2D eigenvalue weighted by Crippen LogP contribution is 2.21. The van der Waals surface area contributed by atoms with Crippen molar-refractivity contribution in [2.45, 2.75) is 19.4 Å². The summed E-state index contributed by atoms with van der Waals surface area (Å²) in [6, 6.07) is 2.15. The zero-order valence-electron chi connectivity index (χ0n) is 12.5. The Morgan fingerprint density at radius 2 is 1.95 bits per heavy atom. The fraction of sp³-hybridized carbons (Fsp3) is 0.533.